The number of esters is 1. The van der Waals surface area contributed by atoms with Crippen molar-refractivity contribution >= 4 is 32.7 Å². The first-order valence-corrected chi connectivity index (χ1v) is 9.45. The van der Waals surface area contributed by atoms with Crippen molar-refractivity contribution in [2.45, 2.75) is 26.1 Å². The normalized spacial score (nSPS) is 15.5. The second-order valence-electron chi connectivity index (χ2n) is 6.46. The van der Waals surface area contributed by atoms with Gasteiger partial charge in [0.2, 0.25) is 0 Å². The number of ether oxygens (including phenoxy) is 2. The lowest BCUT2D eigenvalue weighted by molar-refractivity contribution is -0.157. The lowest BCUT2D eigenvalue weighted by atomic mass is 10.2. The van der Waals surface area contributed by atoms with Gasteiger partial charge in [-0.05, 0) is 37.6 Å². The molecule has 1 aliphatic rings. The van der Waals surface area contributed by atoms with E-state index < -0.39 is 6.10 Å². The van der Waals surface area contributed by atoms with E-state index in [1.54, 1.807) is 18.3 Å². The third-order valence-corrected chi connectivity index (χ3v) is 5.48. The molecule has 2 aromatic carbocycles. The lowest BCUT2D eigenvalue weighted by Gasteiger charge is -2.38. The van der Waals surface area contributed by atoms with Gasteiger partial charge in [-0.2, -0.15) is 0 Å². The van der Waals surface area contributed by atoms with Crippen LogP contribution in [0.25, 0.3) is 10.2 Å². The van der Waals surface area contributed by atoms with Gasteiger partial charge in [-0.3, -0.25) is 0 Å². The highest BCUT2D eigenvalue weighted by molar-refractivity contribution is 7.22. The van der Waals surface area contributed by atoms with Gasteiger partial charge < -0.3 is 14.4 Å². The van der Waals surface area contributed by atoms with Crippen LogP contribution in [-0.4, -0.2) is 36.3 Å². The number of nitrogens with zero attached hydrogens (tertiary/aromatic N) is 2. The van der Waals surface area contributed by atoms with Gasteiger partial charge in [0, 0.05) is 0 Å². The van der Waals surface area contributed by atoms with Crippen molar-refractivity contribution in [3.8, 4) is 5.75 Å². The average Bonchev–Trinajstić information content (AvgIpc) is 3.03. The summed E-state index contributed by atoms with van der Waals surface area (Å²) < 4.78 is 12.3. The number of hydrogen-bond donors (Lipinski definition) is 0. The molecule has 0 bridgehead atoms. The summed E-state index contributed by atoms with van der Waals surface area (Å²) in [5.74, 6) is 0.329. The fourth-order valence-corrected chi connectivity index (χ4v) is 3.95. The maximum Gasteiger partial charge on any atom is 0.347 e. The van der Waals surface area contributed by atoms with E-state index in [4.69, 9.17) is 14.5 Å². The molecule has 2 heterocycles. The van der Waals surface area contributed by atoms with Crippen LogP contribution in [0.4, 0.5) is 5.13 Å². The molecule has 1 atom stereocenters. The smallest absolute Gasteiger partial charge is 0.347 e. The molecule has 3 aromatic rings. The van der Waals surface area contributed by atoms with Crippen molar-refractivity contribution in [2.24, 2.45) is 0 Å². The van der Waals surface area contributed by atoms with Crippen LogP contribution in [0.15, 0.2) is 48.5 Å². The molecule has 6 heteroatoms. The summed E-state index contributed by atoms with van der Waals surface area (Å²) in [6.07, 6.45) is -0.742. The molecule has 1 aliphatic heterocycles. The molecule has 0 saturated carbocycles. The molecule has 1 fully saturated rings. The minimum absolute atomic E-state index is 0.113. The standard InChI is InChI=1S/C20H20N2O3S/c1-13-7-6-10-17-18(13)21-20(26-17)22-11-16(12-22)25-19(23)14(2)24-15-8-4-3-5-9-15/h3-10,14,16H,11-12H2,1-2H3. The number of carbonyl (C=O) groups excluding carboxylic acids is 1. The van der Waals surface area contributed by atoms with Crippen LogP contribution < -0.4 is 9.64 Å². The SMILES string of the molecule is Cc1cccc2sc(N3CC(OC(=O)C(C)Oc4ccccc4)C3)nc12. The number of carbonyl (C=O) groups is 1. The highest BCUT2D eigenvalue weighted by Crippen LogP contribution is 2.33. The van der Waals surface area contributed by atoms with Crippen LogP contribution in [0.5, 0.6) is 5.75 Å². The van der Waals surface area contributed by atoms with Gasteiger partial charge in [0.1, 0.15) is 11.9 Å². The zero-order chi connectivity index (χ0) is 18.1. The third-order valence-electron chi connectivity index (χ3n) is 4.40. The summed E-state index contributed by atoms with van der Waals surface area (Å²) in [5, 5.41) is 0.982. The summed E-state index contributed by atoms with van der Waals surface area (Å²) in [7, 11) is 0. The van der Waals surface area contributed by atoms with Crippen LogP contribution >= 0.6 is 11.3 Å². The van der Waals surface area contributed by atoms with E-state index in [2.05, 4.69) is 30.0 Å². The van der Waals surface area contributed by atoms with E-state index >= 15 is 0 Å². The molecule has 5 nitrogen and oxygen atoms in total. The van der Waals surface area contributed by atoms with E-state index in [9.17, 15) is 4.79 Å². The van der Waals surface area contributed by atoms with Gasteiger partial charge in [-0.15, -0.1) is 0 Å². The van der Waals surface area contributed by atoms with E-state index in [0.717, 1.165) is 10.6 Å². The maximum absolute atomic E-state index is 12.2. The molecular weight excluding hydrogens is 348 g/mol. The topological polar surface area (TPSA) is 51.7 Å². The Kier molecular flexibility index (Phi) is 4.51. The Balaban J connectivity index is 1.31. The predicted octanol–water partition coefficient (Wildman–Crippen LogP) is 3.80. The quantitative estimate of drug-likeness (QED) is 0.641. The molecule has 134 valence electrons. The number of benzene rings is 2. The highest BCUT2D eigenvalue weighted by atomic mass is 32.1. The van der Waals surface area contributed by atoms with Crippen molar-refractivity contribution in [1.82, 2.24) is 4.98 Å². The maximum atomic E-state index is 12.2. The molecule has 1 aromatic heterocycles. The number of anilines is 1. The summed E-state index contributed by atoms with van der Waals surface area (Å²) in [6.45, 7) is 5.12. The minimum atomic E-state index is -0.628. The molecule has 1 saturated heterocycles. The van der Waals surface area contributed by atoms with Crippen LogP contribution in [-0.2, 0) is 9.53 Å². The number of thiazole rings is 1. The summed E-state index contributed by atoms with van der Waals surface area (Å²) in [6, 6.07) is 15.5. The van der Waals surface area contributed by atoms with Crippen LogP contribution in [0.2, 0.25) is 0 Å². The number of hydrogen-bond acceptors (Lipinski definition) is 6. The third kappa shape index (κ3) is 3.37. The first kappa shape index (κ1) is 16.8. The summed E-state index contributed by atoms with van der Waals surface area (Å²) in [5.41, 5.74) is 2.23. The highest BCUT2D eigenvalue weighted by Gasteiger charge is 2.33. The van der Waals surface area contributed by atoms with Crippen LogP contribution in [0.3, 0.4) is 0 Å². The number of aromatic nitrogens is 1. The number of rotatable bonds is 5. The molecule has 4 rings (SSSR count). The second kappa shape index (κ2) is 6.96. The molecule has 26 heavy (non-hydrogen) atoms. The first-order chi connectivity index (χ1) is 12.6. The van der Waals surface area contributed by atoms with E-state index in [-0.39, 0.29) is 12.1 Å². The Morgan fingerprint density at radius 3 is 2.69 bits per heavy atom. The Bertz CT molecular complexity index is 919. The van der Waals surface area contributed by atoms with Crippen LogP contribution in [0.1, 0.15) is 12.5 Å². The molecule has 0 radical (unpaired) electrons. The summed E-state index contributed by atoms with van der Waals surface area (Å²) in [4.78, 5) is 19.1. The predicted molar refractivity (Wildman–Crippen MR) is 103 cm³/mol. The first-order valence-electron chi connectivity index (χ1n) is 8.63. The Morgan fingerprint density at radius 2 is 1.96 bits per heavy atom. The minimum Gasteiger partial charge on any atom is -0.479 e. The number of fused-ring (bicyclic) bond motifs is 1. The largest absolute Gasteiger partial charge is 0.479 e. The zero-order valence-corrected chi connectivity index (χ0v) is 15.5. The van der Waals surface area contributed by atoms with Gasteiger partial charge in [-0.1, -0.05) is 41.7 Å². The molecule has 0 amide bonds. The van der Waals surface area contributed by atoms with Gasteiger partial charge in [0.15, 0.2) is 11.2 Å². The van der Waals surface area contributed by atoms with Crippen LogP contribution in [0, 0.1) is 6.92 Å². The van der Waals surface area contributed by atoms with Crippen molar-refractivity contribution in [1.29, 1.82) is 0 Å². The Hall–Kier alpha value is -2.60. The van der Waals surface area contributed by atoms with Gasteiger partial charge in [-0.25, -0.2) is 9.78 Å². The fraction of sp³-hybridized carbons (Fsp3) is 0.300. The van der Waals surface area contributed by atoms with Gasteiger partial charge in [0.25, 0.3) is 0 Å². The van der Waals surface area contributed by atoms with E-state index in [1.165, 1.54) is 10.3 Å². The lowest BCUT2D eigenvalue weighted by Crippen LogP contribution is -2.54. The van der Waals surface area contributed by atoms with E-state index in [1.807, 2.05) is 30.3 Å². The Morgan fingerprint density at radius 1 is 1.19 bits per heavy atom. The van der Waals surface area contributed by atoms with Crippen molar-refractivity contribution in [3.63, 3.8) is 0 Å². The van der Waals surface area contributed by atoms with Crippen molar-refractivity contribution < 1.29 is 14.3 Å². The fourth-order valence-electron chi connectivity index (χ4n) is 2.89. The monoisotopic (exact) mass is 368 g/mol. The number of para-hydroxylation sites is 2. The van der Waals surface area contributed by atoms with E-state index in [0.29, 0.717) is 18.8 Å². The average molecular weight is 368 g/mol. The second-order valence-corrected chi connectivity index (χ2v) is 7.46. The zero-order valence-electron chi connectivity index (χ0n) is 14.7. The molecule has 1 unspecified atom stereocenters. The van der Waals surface area contributed by atoms with Gasteiger partial charge >= 0.3 is 5.97 Å². The summed E-state index contributed by atoms with van der Waals surface area (Å²) >= 11 is 1.67. The van der Waals surface area contributed by atoms with Crippen molar-refractivity contribution in [2.75, 3.05) is 18.0 Å². The Labute approximate surface area is 156 Å². The molecule has 0 N–H and O–H groups in total. The van der Waals surface area contributed by atoms with Gasteiger partial charge in [0.05, 0.1) is 23.3 Å². The molecule has 0 aliphatic carbocycles. The molecule has 0 spiro atoms. The number of aryl methyl sites for hydroxylation is 1. The van der Waals surface area contributed by atoms with Crippen molar-refractivity contribution in [3.05, 3.63) is 54.1 Å². The molecular formula is C20H20N2O3S.